The molecule has 1 aliphatic carbocycles. The summed E-state index contributed by atoms with van der Waals surface area (Å²) in [6.45, 7) is 9.06. The summed E-state index contributed by atoms with van der Waals surface area (Å²) in [7, 11) is 0. The molecular formula is C31H38N2O. The van der Waals surface area contributed by atoms with Crippen LogP contribution < -0.4 is 9.80 Å². The van der Waals surface area contributed by atoms with Gasteiger partial charge in [-0.05, 0) is 110 Å². The maximum absolute atomic E-state index is 13.2. The fourth-order valence-electron chi connectivity index (χ4n) is 5.95. The first-order valence-electron chi connectivity index (χ1n) is 13.4. The van der Waals surface area contributed by atoms with E-state index < -0.39 is 0 Å². The predicted octanol–water partition coefficient (Wildman–Crippen LogP) is 6.84. The molecule has 0 unspecified atom stereocenters. The summed E-state index contributed by atoms with van der Waals surface area (Å²) in [5.41, 5.74) is 9.90. The number of carbonyl (C=O) groups is 1. The van der Waals surface area contributed by atoms with E-state index in [1.807, 2.05) is 0 Å². The van der Waals surface area contributed by atoms with Crippen molar-refractivity contribution in [1.82, 2.24) is 0 Å². The molecule has 0 aromatic heterocycles. The second kappa shape index (κ2) is 10.2. The molecule has 0 radical (unpaired) electrons. The third-order valence-electron chi connectivity index (χ3n) is 7.55. The highest BCUT2D eigenvalue weighted by Crippen LogP contribution is 2.34. The third kappa shape index (κ3) is 4.71. The highest BCUT2D eigenvalue weighted by Gasteiger charge is 2.24. The van der Waals surface area contributed by atoms with E-state index in [2.05, 4.69) is 72.2 Å². The maximum atomic E-state index is 13.2. The van der Waals surface area contributed by atoms with Gasteiger partial charge in [0.15, 0.2) is 5.78 Å². The van der Waals surface area contributed by atoms with Crippen LogP contribution in [0.15, 0.2) is 47.5 Å². The number of hydrogen-bond acceptors (Lipinski definition) is 3. The van der Waals surface area contributed by atoms with Crippen molar-refractivity contribution < 1.29 is 4.79 Å². The lowest BCUT2D eigenvalue weighted by Gasteiger charge is -2.31. The zero-order valence-corrected chi connectivity index (χ0v) is 20.9. The Morgan fingerprint density at radius 2 is 1.18 bits per heavy atom. The molecule has 0 saturated heterocycles. The smallest absolute Gasteiger partial charge is 0.185 e. The monoisotopic (exact) mass is 454 g/mol. The first-order chi connectivity index (χ1) is 16.7. The van der Waals surface area contributed by atoms with E-state index in [0.717, 1.165) is 63.0 Å². The van der Waals surface area contributed by atoms with Crippen LogP contribution in [0.1, 0.15) is 74.6 Å². The summed E-state index contributed by atoms with van der Waals surface area (Å²) in [6.07, 6.45) is 13.0. The number of Topliss-reactive ketones (excluding diaryl/α,β-unsaturated/α-hetero) is 1. The standard InChI is InChI=1S/C31H38N2O/c1-3-15-32-17-5-7-25-19-23(9-13-29(25)32)21-27-11-12-28(31(27)34)22-24-10-14-30-26(20-24)8-6-18-33(30)16-4-2/h9-10,13-14,19-22H,3-8,11-12,15-18H2,1-2H3. The van der Waals surface area contributed by atoms with E-state index >= 15 is 0 Å². The Labute approximate surface area is 205 Å². The van der Waals surface area contributed by atoms with Gasteiger partial charge < -0.3 is 9.80 Å². The molecular weight excluding hydrogens is 416 g/mol. The highest BCUT2D eigenvalue weighted by molar-refractivity contribution is 6.15. The SMILES string of the molecule is CCCN1CCCc2cc(C=C3CCC(=Cc4ccc5c(c4)CCCN5CCC)C3=O)ccc21. The van der Waals surface area contributed by atoms with Crippen LogP contribution in [0, 0.1) is 0 Å². The molecule has 0 N–H and O–H groups in total. The molecule has 1 fully saturated rings. The third-order valence-corrected chi connectivity index (χ3v) is 7.55. The number of aryl methyl sites for hydroxylation is 2. The Kier molecular flexibility index (Phi) is 6.89. The van der Waals surface area contributed by atoms with Crippen LogP contribution >= 0.6 is 0 Å². The summed E-state index contributed by atoms with van der Waals surface area (Å²) in [5, 5.41) is 0. The molecule has 0 bridgehead atoms. The van der Waals surface area contributed by atoms with Crippen LogP contribution in [0.4, 0.5) is 11.4 Å². The molecule has 0 spiro atoms. The zero-order chi connectivity index (χ0) is 23.5. The molecule has 178 valence electrons. The molecule has 3 heteroatoms. The Bertz CT molecular complexity index is 1040. The average molecular weight is 455 g/mol. The largest absolute Gasteiger partial charge is 0.371 e. The van der Waals surface area contributed by atoms with Crippen molar-refractivity contribution in [3.63, 3.8) is 0 Å². The molecule has 2 aromatic carbocycles. The molecule has 0 amide bonds. The molecule has 2 heterocycles. The topological polar surface area (TPSA) is 23.6 Å². The molecule has 0 atom stereocenters. The number of fused-ring (bicyclic) bond motifs is 2. The number of hydrogen-bond donors (Lipinski definition) is 0. The minimum Gasteiger partial charge on any atom is -0.371 e. The number of rotatable bonds is 6. The Hall–Kier alpha value is -2.81. The lowest BCUT2D eigenvalue weighted by atomic mass is 9.97. The van der Waals surface area contributed by atoms with Gasteiger partial charge in [-0.3, -0.25) is 4.79 Å². The highest BCUT2D eigenvalue weighted by atomic mass is 16.1. The molecule has 34 heavy (non-hydrogen) atoms. The Balaban J connectivity index is 1.34. The molecule has 2 aromatic rings. The lowest BCUT2D eigenvalue weighted by Crippen LogP contribution is -2.29. The Morgan fingerprint density at radius 3 is 1.62 bits per heavy atom. The van der Waals surface area contributed by atoms with E-state index in [4.69, 9.17) is 0 Å². The fraction of sp³-hybridized carbons (Fsp3) is 0.452. The van der Waals surface area contributed by atoms with Crippen molar-refractivity contribution >= 4 is 29.3 Å². The fourth-order valence-corrected chi connectivity index (χ4v) is 5.95. The van der Waals surface area contributed by atoms with Crippen molar-refractivity contribution in [3.05, 3.63) is 69.8 Å². The lowest BCUT2D eigenvalue weighted by molar-refractivity contribution is -0.111. The van der Waals surface area contributed by atoms with Gasteiger partial charge in [-0.2, -0.15) is 0 Å². The van der Waals surface area contributed by atoms with Crippen molar-refractivity contribution in [2.45, 2.75) is 65.2 Å². The van der Waals surface area contributed by atoms with Crippen molar-refractivity contribution in [3.8, 4) is 0 Å². The van der Waals surface area contributed by atoms with E-state index in [1.54, 1.807) is 0 Å². The van der Waals surface area contributed by atoms with Crippen LogP contribution in [0.5, 0.6) is 0 Å². The number of ketones is 1. The van der Waals surface area contributed by atoms with Crippen LogP contribution in [0.25, 0.3) is 12.2 Å². The van der Waals surface area contributed by atoms with Crippen LogP contribution in [-0.2, 0) is 17.6 Å². The van der Waals surface area contributed by atoms with Gasteiger partial charge in [0.2, 0.25) is 0 Å². The van der Waals surface area contributed by atoms with Gasteiger partial charge in [0.05, 0.1) is 0 Å². The second-order valence-corrected chi connectivity index (χ2v) is 10.1. The van der Waals surface area contributed by atoms with Crippen molar-refractivity contribution in [1.29, 1.82) is 0 Å². The van der Waals surface area contributed by atoms with Gasteiger partial charge in [-0.1, -0.05) is 26.0 Å². The van der Waals surface area contributed by atoms with E-state index in [1.165, 1.54) is 59.3 Å². The number of benzene rings is 2. The first kappa shape index (κ1) is 23.0. The first-order valence-corrected chi connectivity index (χ1v) is 13.4. The van der Waals surface area contributed by atoms with Crippen LogP contribution in [-0.4, -0.2) is 32.0 Å². The summed E-state index contributed by atoms with van der Waals surface area (Å²) >= 11 is 0. The number of anilines is 2. The van der Waals surface area contributed by atoms with Gasteiger partial charge in [0.25, 0.3) is 0 Å². The van der Waals surface area contributed by atoms with E-state index in [9.17, 15) is 4.79 Å². The normalized spacial score (nSPS) is 20.2. The molecule has 3 aliphatic rings. The minimum atomic E-state index is 0.232. The summed E-state index contributed by atoms with van der Waals surface area (Å²) in [6, 6.07) is 13.5. The minimum absolute atomic E-state index is 0.232. The van der Waals surface area contributed by atoms with Crippen molar-refractivity contribution in [2.24, 2.45) is 0 Å². The quantitative estimate of drug-likeness (QED) is 0.446. The number of allylic oxidation sites excluding steroid dienone is 2. The Morgan fingerprint density at radius 1 is 0.706 bits per heavy atom. The van der Waals surface area contributed by atoms with E-state index in [0.29, 0.717) is 0 Å². The van der Waals surface area contributed by atoms with Crippen LogP contribution in [0.3, 0.4) is 0 Å². The maximum Gasteiger partial charge on any atom is 0.185 e. The molecule has 3 nitrogen and oxygen atoms in total. The van der Waals surface area contributed by atoms with Crippen molar-refractivity contribution in [2.75, 3.05) is 36.0 Å². The van der Waals surface area contributed by atoms with Gasteiger partial charge in [0, 0.05) is 48.7 Å². The zero-order valence-electron chi connectivity index (χ0n) is 20.9. The van der Waals surface area contributed by atoms with Gasteiger partial charge in [-0.25, -0.2) is 0 Å². The molecule has 5 rings (SSSR count). The van der Waals surface area contributed by atoms with E-state index in [-0.39, 0.29) is 5.78 Å². The summed E-state index contributed by atoms with van der Waals surface area (Å²) in [4.78, 5) is 18.2. The average Bonchev–Trinajstić information content (AvgIpc) is 3.18. The molecule has 2 aliphatic heterocycles. The number of nitrogens with zero attached hydrogens (tertiary/aromatic N) is 2. The summed E-state index contributed by atoms with van der Waals surface area (Å²) < 4.78 is 0. The molecule has 1 saturated carbocycles. The van der Waals surface area contributed by atoms with Crippen LogP contribution in [0.2, 0.25) is 0 Å². The second-order valence-electron chi connectivity index (χ2n) is 10.1. The van der Waals surface area contributed by atoms with Gasteiger partial charge in [0.1, 0.15) is 0 Å². The number of carbonyl (C=O) groups excluding carboxylic acids is 1. The van der Waals surface area contributed by atoms with Gasteiger partial charge >= 0.3 is 0 Å². The predicted molar refractivity (Wildman–Crippen MR) is 145 cm³/mol. The summed E-state index contributed by atoms with van der Waals surface area (Å²) in [5.74, 6) is 0.232. The van der Waals surface area contributed by atoms with Gasteiger partial charge in [-0.15, -0.1) is 0 Å².